The third-order valence-corrected chi connectivity index (χ3v) is 6.08. The van der Waals surface area contributed by atoms with E-state index in [1.807, 2.05) is 20.8 Å². The molecule has 0 N–H and O–H groups in total. The summed E-state index contributed by atoms with van der Waals surface area (Å²) in [6, 6.07) is -0.902. The fourth-order valence-electron chi connectivity index (χ4n) is 4.34. The lowest BCUT2D eigenvalue weighted by Crippen LogP contribution is -2.64. The number of esters is 1. The molecule has 8 nitrogen and oxygen atoms in total. The molecule has 0 aliphatic carbocycles. The molecule has 1 unspecified atom stereocenters. The normalized spacial score (nSPS) is 22.7. The molecular weight excluding hydrogens is 362 g/mol. The third-order valence-electron chi connectivity index (χ3n) is 6.08. The summed E-state index contributed by atoms with van der Waals surface area (Å²) < 4.78 is 11.0. The molecular formula is C20H33N3O5. The van der Waals surface area contributed by atoms with E-state index in [1.54, 1.807) is 16.8 Å². The van der Waals surface area contributed by atoms with Gasteiger partial charge >= 0.3 is 12.0 Å². The van der Waals surface area contributed by atoms with E-state index in [2.05, 4.69) is 6.58 Å². The average Bonchev–Trinajstić information content (AvgIpc) is 2.69. The van der Waals surface area contributed by atoms with Crippen LogP contribution >= 0.6 is 0 Å². The maximum absolute atomic E-state index is 13.0. The van der Waals surface area contributed by atoms with Gasteiger partial charge < -0.3 is 24.2 Å². The van der Waals surface area contributed by atoms with E-state index < -0.39 is 17.6 Å². The summed E-state index contributed by atoms with van der Waals surface area (Å²) in [7, 11) is 2.97. The van der Waals surface area contributed by atoms with Crippen LogP contribution in [0.2, 0.25) is 0 Å². The molecule has 2 rings (SSSR count). The van der Waals surface area contributed by atoms with Gasteiger partial charge in [-0.1, -0.05) is 20.4 Å². The Balaban J connectivity index is 2.06. The van der Waals surface area contributed by atoms with Gasteiger partial charge in [0.2, 0.25) is 5.91 Å². The Kier molecular flexibility index (Phi) is 7.09. The number of nitrogens with zero attached hydrogens (tertiary/aromatic N) is 3. The number of morpholine rings is 1. The Labute approximate surface area is 167 Å². The standard InChI is InChI=1S/C20H33N3O5/c1-7-16(24)23-12-13-28-20(15(23)4)8-10-22(11-9-20)19(26)21(5)17(14(2)3)18(25)27-6/h7,14-15,17H,1,8-13H2,2-6H3/t15-,17?/m0/s1. The van der Waals surface area contributed by atoms with Crippen molar-refractivity contribution >= 4 is 17.9 Å². The number of methoxy groups -OCH3 is 1. The van der Waals surface area contributed by atoms with E-state index in [-0.39, 0.29) is 23.9 Å². The molecule has 2 aliphatic rings. The molecule has 0 aromatic carbocycles. The summed E-state index contributed by atoms with van der Waals surface area (Å²) in [5, 5.41) is 0. The van der Waals surface area contributed by atoms with Crippen molar-refractivity contribution in [2.24, 2.45) is 5.92 Å². The number of piperidine rings is 1. The van der Waals surface area contributed by atoms with Gasteiger partial charge in [-0.05, 0) is 31.8 Å². The minimum Gasteiger partial charge on any atom is -0.467 e. The zero-order valence-electron chi connectivity index (χ0n) is 17.6. The van der Waals surface area contributed by atoms with Crippen molar-refractivity contribution in [1.82, 2.24) is 14.7 Å². The smallest absolute Gasteiger partial charge is 0.328 e. The molecule has 2 saturated heterocycles. The van der Waals surface area contributed by atoms with Crippen LogP contribution in [-0.2, 0) is 19.1 Å². The first-order valence-electron chi connectivity index (χ1n) is 9.85. The number of likely N-dealkylation sites (tertiary alicyclic amines) is 1. The van der Waals surface area contributed by atoms with E-state index >= 15 is 0 Å². The fourth-order valence-corrected chi connectivity index (χ4v) is 4.34. The average molecular weight is 396 g/mol. The first kappa shape index (κ1) is 22.2. The summed E-state index contributed by atoms with van der Waals surface area (Å²) in [6.07, 6.45) is 2.61. The lowest BCUT2D eigenvalue weighted by molar-refractivity contribution is -0.173. The maximum Gasteiger partial charge on any atom is 0.328 e. The predicted molar refractivity (Wildman–Crippen MR) is 105 cm³/mol. The van der Waals surface area contributed by atoms with E-state index in [9.17, 15) is 14.4 Å². The number of carbonyl (C=O) groups is 3. The molecule has 3 amide bonds. The number of amides is 3. The van der Waals surface area contributed by atoms with Crippen LogP contribution in [0.1, 0.15) is 33.6 Å². The number of hydrogen-bond donors (Lipinski definition) is 0. The van der Waals surface area contributed by atoms with Crippen LogP contribution in [0.4, 0.5) is 4.79 Å². The van der Waals surface area contributed by atoms with E-state index in [0.29, 0.717) is 39.1 Å². The Morgan fingerprint density at radius 1 is 1.25 bits per heavy atom. The summed E-state index contributed by atoms with van der Waals surface area (Å²) >= 11 is 0. The fraction of sp³-hybridized carbons (Fsp3) is 0.750. The van der Waals surface area contributed by atoms with Gasteiger partial charge in [0.1, 0.15) is 6.04 Å². The predicted octanol–water partition coefficient (Wildman–Crippen LogP) is 1.50. The van der Waals surface area contributed by atoms with E-state index in [1.165, 1.54) is 18.1 Å². The van der Waals surface area contributed by atoms with Gasteiger partial charge in [-0.3, -0.25) is 4.79 Å². The monoisotopic (exact) mass is 395 g/mol. The Morgan fingerprint density at radius 2 is 1.86 bits per heavy atom. The maximum atomic E-state index is 13.0. The zero-order valence-corrected chi connectivity index (χ0v) is 17.6. The molecule has 2 fully saturated rings. The quantitative estimate of drug-likeness (QED) is 0.532. The highest BCUT2D eigenvalue weighted by Crippen LogP contribution is 2.35. The molecule has 2 aliphatic heterocycles. The van der Waals surface area contributed by atoms with Gasteiger partial charge in [0, 0.05) is 26.7 Å². The summed E-state index contributed by atoms with van der Waals surface area (Å²) in [4.78, 5) is 42.2. The van der Waals surface area contributed by atoms with Crippen molar-refractivity contribution in [2.75, 3.05) is 40.4 Å². The lowest BCUT2D eigenvalue weighted by Gasteiger charge is -2.52. The topological polar surface area (TPSA) is 79.4 Å². The van der Waals surface area contributed by atoms with Crippen molar-refractivity contribution in [3.8, 4) is 0 Å². The highest BCUT2D eigenvalue weighted by molar-refractivity contribution is 5.87. The lowest BCUT2D eigenvalue weighted by atomic mass is 9.82. The van der Waals surface area contributed by atoms with Crippen LogP contribution < -0.4 is 0 Å². The number of carbonyl (C=O) groups excluding carboxylic acids is 3. The summed E-state index contributed by atoms with van der Waals surface area (Å²) in [6.45, 7) is 11.4. The van der Waals surface area contributed by atoms with Crippen LogP contribution in [-0.4, -0.2) is 90.7 Å². The highest BCUT2D eigenvalue weighted by Gasteiger charge is 2.47. The highest BCUT2D eigenvalue weighted by atomic mass is 16.5. The molecule has 8 heteroatoms. The molecule has 0 bridgehead atoms. The second-order valence-electron chi connectivity index (χ2n) is 7.92. The number of likely N-dealkylation sites (N-methyl/N-ethyl adjacent to an activating group) is 1. The minimum atomic E-state index is -0.626. The molecule has 0 saturated carbocycles. The Morgan fingerprint density at radius 3 is 2.36 bits per heavy atom. The first-order valence-corrected chi connectivity index (χ1v) is 9.85. The van der Waals surface area contributed by atoms with Crippen molar-refractivity contribution in [2.45, 2.75) is 51.3 Å². The first-order chi connectivity index (χ1) is 13.2. The van der Waals surface area contributed by atoms with E-state index in [4.69, 9.17) is 9.47 Å². The second-order valence-corrected chi connectivity index (χ2v) is 7.92. The largest absolute Gasteiger partial charge is 0.467 e. The third kappa shape index (κ3) is 4.16. The molecule has 2 heterocycles. The number of rotatable bonds is 4. The van der Waals surface area contributed by atoms with Crippen LogP contribution in [0.25, 0.3) is 0 Å². The molecule has 1 spiro atoms. The number of urea groups is 1. The van der Waals surface area contributed by atoms with Gasteiger partial charge in [-0.2, -0.15) is 0 Å². The number of ether oxygens (including phenoxy) is 2. The van der Waals surface area contributed by atoms with Crippen molar-refractivity contribution < 1.29 is 23.9 Å². The Hall–Kier alpha value is -2.09. The van der Waals surface area contributed by atoms with Crippen LogP contribution in [0.5, 0.6) is 0 Å². The van der Waals surface area contributed by atoms with Gasteiger partial charge in [0.15, 0.2) is 0 Å². The summed E-state index contributed by atoms with van der Waals surface area (Å²) in [5.41, 5.74) is -0.452. The van der Waals surface area contributed by atoms with Crippen LogP contribution in [0.15, 0.2) is 12.7 Å². The van der Waals surface area contributed by atoms with Crippen molar-refractivity contribution in [3.05, 3.63) is 12.7 Å². The van der Waals surface area contributed by atoms with Crippen LogP contribution in [0, 0.1) is 5.92 Å². The Bertz CT molecular complexity index is 613. The van der Waals surface area contributed by atoms with E-state index in [0.717, 1.165) is 0 Å². The number of hydrogen-bond acceptors (Lipinski definition) is 5. The molecule has 2 atom stereocenters. The molecule has 0 radical (unpaired) electrons. The minimum absolute atomic E-state index is 0.0577. The van der Waals surface area contributed by atoms with Crippen molar-refractivity contribution in [3.63, 3.8) is 0 Å². The van der Waals surface area contributed by atoms with Gasteiger partial charge in [0.25, 0.3) is 0 Å². The molecule has 0 aromatic heterocycles. The summed E-state index contributed by atoms with van der Waals surface area (Å²) in [5.74, 6) is -0.564. The zero-order chi connectivity index (χ0) is 21.1. The molecule has 28 heavy (non-hydrogen) atoms. The van der Waals surface area contributed by atoms with Crippen LogP contribution in [0.3, 0.4) is 0 Å². The molecule has 158 valence electrons. The van der Waals surface area contributed by atoms with Crippen molar-refractivity contribution in [1.29, 1.82) is 0 Å². The van der Waals surface area contributed by atoms with Gasteiger partial charge in [-0.15, -0.1) is 0 Å². The SMILES string of the molecule is C=CC(=O)N1CCOC2(CCN(C(=O)N(C)C(C(=O)OC)C(C)C)CC2)[C@@H]1C. The van der Waals surface area contributed by atoms with Gasteiger partial charge in [-0.25, -0.2) is 9.59 Å². The second kappa shape index (κ2) is 8.94. The van der Waals surface area contributed by atoms with Gasteiger partial charge in [0.05, 0.1) is 25.4 Å². The molecule has 0 aromatic rings.